The lowest BCUT2D eigenvalue weighted by Gasteiger charge is -2.14. The molecule has 0 amide bonds. The highest BCUT2D eigenvalue weighted by atomic mass is 127. The van der Waals surface area contributed by atoms with E-state index < -0.39 is 17.4 Å². The monoisotopic (exact) mass is 534 g/mol. The maximum absolute atomic E-state index is 12.5. The van der Waals surface area contributed by atoms with E-state index in [-0.39, 0.29) is 24.3 Å². The molecule has 0 saturated carbocycles. The van der Waals surface area contributed by atoms with Crippen molar-refractivity contribution in [3.05, 3.63) is 53.4 Å². The van der Waals surface area contributed by atoms with Crippen molar-refractivity contribution in [1.29, 1.82) is 0 Å². The number of nitrogens with zero attached hydrogens (tertiary/aromatic N) is 4. The molecule has 138 valence electrons. The number of aliphatic hydroxyl groups is 1. The Balaban J connectivity index is 1.86. The fourth-order valence-corrected chi connectivity index (χ4v) is 3.42. The zero-order chi connectivity index (χ0) is 19.0. The number of halogens is 2. The van der Waals surface area contributed by atoms with Gasteiger partial charge in [-0.2, -0.15) is 0 Å². The highest BCUT2D eigenvalue weighted by Gasteiger charge is 2.20. The molecule has 1 aromatic carbocycles. The molecule has 0 spiro atoms. The van der Waals surface area contributed by atoms with Crippen LogP contribution in [0.15, 0.2) is 38.6 Å². The molecule has 10 heteroatoms. The topological polar surface area (TPSA) is 91.3 Å². The van der Waals surface area contributed by atoms with Crippen molar-refractivity contribution in [2.45, 2.75) is 12.6 Å². The second-order valence-corrected chi connectivity index (χ2v) is 7.74. The molecule has 2 heterocycles. The molecule has 2 aromatic heterocycles. The molecule has 0 saturated heterocycles. The highest BCUT2D eigenvalue weighted by Crippen LogP contribution is 2.18. The van der Waals surface area contributed by atoms with Crippen LogP contribution in [0.5, 0.6) is 5.75 Å². The molecule has 0 bridgehead atoms. The van der Waals surface area contributed by atoms with Crippen LogP contribution in [0.1, 0.15) is 0 Å². The largest absolute Gasteiger partial charge is 0.491 e. The summed E-state index contributed by atoms with van der Waals surface area (Å²) in [5, 5.41) is 10.3. The van der Waals surface area contributed by atoms with Crippen molar-refractivity contribution >= 4 is 49.7 Å². The molecule has 26 heavy (non-hydrogen) atoms. The van der Waals surface area contributed by atoms with E-state index in [1.165, 1.54) is 11.6 Å². The number of hydrogen-bond acceptors (Lipinski definition) is 5. The molecule has 0 fully saturated rings. The summed E-state index contributed by atoms with van der Waals surface area (Å²) in [7, 11) is 2.95. The fraction of sp³-hybridized carbons (Fsp3) is 0.312. The third kappa shape index (κ3) is 3.58. The molecular weight excluding hydrogens is 519 g/mol. The van der Waals surface area contributed by atoms with Gasteiger partial charge >= 0.3 is 5.69 Å². The number of rotatable bonds is 5. The van der Waals surface area contributed by atoms with Gasteiger partial charge in [-0.1, -0.05) is 0 Å². The zero-order valence-corrected chi connectivity index (χ0v) is 17.8. The molecule has 0 aliphatic carbocycles. The average molecular weight is 535 g/mol. The van der Waals surface area contributed by atoms with E-state index >= 15 is 0 Å². The minimum atomic E-state index is -0.870. The summed E-state index contributed by atoms with van der Waals surface area (Å²) in [4.78, 5) is 28.7. The van der Waals surface area contributed by atoms with Crippen LogP contribution < -0.4 is 16.0 Å². The Labute approximate surface area is 170 Å². The predicted molar refractivity (Wildman–Crippen MR) is 109 cm³/mol. The lowest BCUT2D eigenvalue weighted by Crippen LogP contribution is -2.38. The van der Waals surface area contributed by atoms with Crippen LogP contribution in [0.4, 0.5) is 0 Å². The second-order valence-electron chi connectivity index (χ2n) is 5.79. The molecule has 3 rings (SSSR count). The number of aromatic nitrogens is 4. The third-order valence-electron chi connectivity index (χ3n) is 3.95. The van der Waals surface area contributed by atoms with Gasteiger partial charge in [0.1, 0.15) is 18.5 Å². The standard InChI is InChI=1S/C16H16BrIN4O4/c1-20-13-12(14(24)21(2)16(20)25)22(15(17)19-13)7-10(23)8-26-11-5-3-9(18)4-6-11/h3-6,10,23H,7-8H2,1-2H3/t10-/m0/s1. The summed E-state index contributed by atoms with van der Waals surface area (Å²) < 4.78 is 10.9. The summed E-state index contributed by atoms with van der Waals surface area (Å²) in [6.07, 6.45) is -0.870. The number of fused-ring (bicyclic) bond motifs is 1. The normalized spacial score (nSPS) is 12.5. The first-order valence-corrected chi connectivity index (χ1v) is 9.55. The SMILES string of the molecule is Cn1c(=O)c2c(nc(Br)n2C[C@H](O)COc2ccc(I)cc2)n(C)c1=O. The first-order valence-electron chi connectivity index (χ1n) is 7.67. The van der Waals surface area contributed by atoms with Gasteiger partial charge in [-0.25, -0.2) is 9.78 Å². The van der Waals surface area contributed by atoms with Gasteiger partial charge in [-0.05, 0) is 62.8 Å². The van der Waals surface area contributed by atoms with Crippen LogP contribution in [-0.4, -0.2) is 36.5 Å². The Morgan fingerprint density at radius 1 is 1.23 bits per heavy atom. The van der Waals surface area contributed by atoms with E-state index in [0.29, 0.717) is 10.5 Å². The van der Waals surface area contributed by atoms with Gasteiger partial charge in [0.05, 0.1) is 6.54 Å². The minimum absolute atomic E-state index is 0.0544. The van der Waals surface area contributed by atoms with E-state index in [9.17, 15) is 14.7 Å². The Morgan fingerprint density at radius 3 is 2.54 bits per heavy atom. The van der Waals surface area contributed by atoms with Crippen LogP contribution in [0.25, 0.3) is 11.2 Å². The molecule has 3 aromatic rings. The van der Waals surface area contributed by atoms with Crippen molar-refractivity contribution in [3.8, 4) is 5.75 Å². The van der Waals surface area contributed by atoms with E-state index in [0.717, 1.165) is 8.14 Å². The van der Waals surface area contributed by atoms with Crippen LogP contribution in [0.2, 0.25) is 0 Å². The van der Waals surface area contributed by atoms with Crippen molar-refractivity contribution in [1.82, 2.24) is 18.7 Å². The van der Waals surface area contributed by atoms with Crippen LogP contribution in [0.3, 0.4) is 0 Å². The minimum Gasteiger partial charge on any atom is -0.491 e. The smallest absolute Gasteiger partial charge is 0.332 e. The second kappa shape index (κ2) is 7.53. The Hall–Kier alpha value is -1.66. The van der Waals surface area contributed by atoms with Gasteiger partial charge < -0.3 is 14.4 Å². The molecule has 0 radical (unpaired) electrons. The predicted octanol–water partition coefficient (Wildman–Crippen LogP) is 1.24. The third-order valence-corrected chi connectivity index (χ3v) is 5.28. The number of ether oxygens (including phenoxy) is 1. The van der Waals surface area contributed by atoms with Gasteiger partial charge in [-0.15, -0.1) is 0 Å². The summed E-state index contributed by atoms with van der Waals surface area (Å²) in [5.41, 5.74) is -0.417. The molecule has 8 nitrogen and oxygen atoms in total. The van der Waals surface area contributed by atoms with Crippen molar-refractivity contribution in [2.75, 3.05) is 6.61 Å². The number of benzene rings is 1. The summed E-state index contributed by atoms with van der Waals surface area (Å²) in [6, 6.07) is 7.46. The van der Waals surface area contributed by atoms with Gasteiger partial charge in [0.2, 0.25) is 0 Å². The van der Waals surface area contributed by atoms with E-state index in [1.54, 1.807) is 11.6 Å². The quantitative estimate of drug-likeness (QED) is 0.393. The lowest BCUT2D eigenvalue weighted by atomic mass is 10.3. The number of hydrogen-bond donors (Lipinski definition) is 1. The lowest BCUT2D eigenvalue weighted by molar-refractivity contribution is 0.0928. The maximum Gasteiger partial charge on any atom is 0.332 e. The zero-order valence-electron chi connectivity index (χ0n) is 14.0. The summed E-state index contributed by atoms with van der Waals surface area (Å²) in [5.74, 6) is 0.650. The number of aryl methyl sites for hydroxylation is 1. The first-order chi connectivity index (χ1) is 12.3. The number of imidazole rings is 1. The molecule has 1 N–H and O–H groups in total. The van der Waals surface area contributed by atoms with Gasteiger partial charge in [0, 0.05) is 17.7 Å². The van der Waals surface area contributed by atoms with Gasteiger partial charge in [-0.3, -0.25) is 13.9 Å². The Bertz CT molecular complexity index is 1070. The van der Waals surface area contributed by atoms with E-state index in [2.05, 4.69) is 43.5 Å². The molecule has 1 atom stereocenters. The maximum atomic E-state index is 12.5. The highest BCUT2D eigenvalue weighted by molar-refractivity contribution is 14.1. The Kier molecular flexibility index (Phi) is 5.53. The Morgan fingerprint density at radius 2 is 1.88 bits per heavy atom. The first kappa shape index (κ1) is 19.1. The van der Waals surface area contributed by atoms with Crippen molar-refractivity contribution in [3.63, 3.8) is 0 Å². The van der Waals surface area contributed by atoms with E-state index in [4.69, 9.17) is 4.74 Å². The van der Waals surface area contributed by atoms with Gasteiger partial charge in [0.15, 0.2) is 15.9 Å². The number of aliphatic hydroxyl groups excluding tert-OH is 1. The van der Waals surface area contributed by atoms with Crippen LogP contribution >= 0.6 is 38.5 Å². The summed E-state index contributed by atoms with van der Waals surface area (Å²) in [6.45, 7) is 0.147. The van der Waals surface area contributed by atoms with Crippen molar-refractivity contribution in [2.24, 2.45) is 14.1 Å². The fourth-order valence-electron chi connectivity index (χ4n) is 2.57. The average Bonchev–Trinajstić information content (AvgIpc) is 2.94. The van der Waals surface area contributed by atoms with Crippen molar-refractivity contribution < 1.29 is 9.84 Å². The molecule has 0 unspecified atom stereocenters. The van der Waals surface area contributed by atoms with Crippen LogP contribution in [0, 0.1) is 3.57 Å². The molecule has 0 aliphatic rings. The molecular formula is C16H16BrIN4O4. The van der Waals surface area contributed by atoms with E-state index in [1.807, 2.05) is 24.3 Å². The summed E-state index contributed by atoms with van der Waals surface area (Å²) >= 11 is 5.49. The van der Waals surface area contributed by atoms with Crippen LogP contribution in [-0.2, 0) is 20.6 Å². The van der Waals surface area contributed by atoms with Gasteiger partial charge in [0.25, 0.3) is 5.56 Å². The molecule has 0 aliphatic heterocycles.